The number of benzene rings is 3. The SMILES string of the molecule is Cc1ccc(C(N)C(c2ccccc2)c2cccc(-c3ccc(=O)n(C(C)C)c3)c2)cc1. The Morgan fingerprint density at radius 2 is 1.41 bits per heavy atom. The van der Waals surface area contributed by atoms with Gasteiger partial charge in [0.25, 0.3) is 5.56 Å². The molecule has 0 fully saturated rings. The Labute approximate surface area is 190 Å². The van der Waals surface area contributed by atoms with Gasteiger partial charge in [0.15, 0.2) is 0 Å². The van der Waals surface area contributed by atoms with Gasteiger partial charge in [-0.15, -0.1) is 0 Å². The van der Waals surface area contributed by atoms with E-state index >= 15 is 0 Å². The molecule has 0 bridgehead atoms. The predicted molar refractivity (Wildman–Crippen MR) is 133 cm³/mol. The molecule has 32 heavy (non-hydrogen) atoms. The smallest absolute Gasteiger partial charge is 0.250 e. The maximum Gasteiger partial charge on any atom is 0.250 e. The van der Waals surface area contributed by atoms with Crippen molar-refractivity contribution in [1.29, 1.82) is 0 Å². The fourth-order valence-corrected chi connectivity index (χ4v) is 4.24. The predicted octanol–water partition coefficient (Wildman–Crippen LogP) is 6.24. The summed E-state index contributed by atoms with van der Waals surface area (Å²) in [6.07, 6.45) is 1.95. The Balaban J connectivity index is 1.80. The van der Waals surface area contributed by atoms with Crippen LogP contribution in [0.2, 0.25) is 0 Å². The average molecular weight is 423 g/mol. The first kappa shape index (κ1) is 21.8. The molecule has 4 aromatic rings. The normalized spacial score (nSPS) is 13.2. The number of pyridine rings is 1. The molecule has 3 aromatic carbocycles. The number of nitrogens with two attached hydrogens (primary N) is 1. The van der Waals surface area contributed by atoms with E-state index in [0.29, 0.717) is 0 Å². The second-order valence-corrected chi connectivity index (χ2v) is 8.71. The Morgan fingerprint density at radius 1 is 0.719 bits per heavy atom. The molecule has 0 amide bonds. The first-order valence-corrected chi connectivity index (χ1v) is 11.1. The van der Waals surface area contributed by atoms with Crippen molar-refractivity contribution in [3.05, 3.63) is 130 Å². The van der Waals surface area contributed by atoms with Gasteiger partial charge in [-0.25, -0.2) is 0 Å². The molecule has 0 aliphatic rings. The van der Waals surface area contributed by atoms with Gasteiger partial charge < -0.3 is 10.3 Å². The number of hydrogen-bond acceptors (Lipinski definition) is 2. The van der Waals surface area contributed by atoms with E-state index in [9.17, 15) is 4.79 Å². The maximum absolute atomic E-state index is 12.2. The van der Waals surface area contributed by atoms with E-state index in [-0.39, 0.29) is 23.6 Å². The third-order valence-corrected chi connectivity index (χ3v) is 6.05. The van der Waals surface area contributed by atoms with Crippen LogP contribution in [0.15, 0.2) is 102 Å². The Bertz CT molecular complexity index is 1240. The highest BCUT2D eigenvalue weighted by Crippen LogP contribution is 2.37. The molecular formula is C29H30N2O. The average Bonchev–Trinajstić information content (AvgIpc) is 2.81. The summed E-state index contributed by atoms with van der Waals surface area (Å²) in [4.78, 5) is 12.2. The molecule has 0 spiro atoms. The molecule has 162 valence electrons. The first-order chi connectivity index (χ1) is 15.4. The Morgan fingerprint density at radius 3 is 2.09 bits per heavy atom. The molecule has 2 atom stereocenters. The summed E-state index contributed by atoms with van der Waals surface area (Å²) in [6, 6.07) is 30.9. The van der Waals surface area contributed by atoms with Crippen LogP contribution in [-0.2, 0) is 0 Å². The number of hydrogen-bond donors (Lipinski definition) is 1. The van der Waals surface area contributed by atoms with Crippen LogP contribution in [0.5, 0.6) is 0 Å². The van der Waals surface area contributed by atoms with Crippen LogP contribution in [0.1, 0.15) is 54.1 Å². The van der Waals surface area contributed by atoms with Crippen LogP contribution in [0.3, 0.4) is 0 Å². The quantitative estimate of drug-likeness (QED) is 0.400. The van der Waals surface area contributed by atoms with Crippen LogP contribution in [0.4, 0.5) is 0 Å². The minimum Gasteiger partial charge on any atom is -0.323 e. The molecule has 2 N–H and O–H groups in total. The molecule has 0 radical (unpaired) electrons. The van der Waals surface area contributed by atoms with Gasteiger partial charge >= 0.3 is 0 Å². The molecule has 0 aliphatic carbocycles. The lowest BCUT2D eigenvalue weighted by Crippen LogP contribution is -2.21. The summed E-state index contributed by atoms with van der Waals surface area (Å²) >= 11 is 0. The highest BCUT2D eigenvalue weighted by Gasteiger charge is 2.24. The molecule has 4 rings (SSSR count). The van der Waals surface area contributed by atoms with E-state index < -0.39 is 0 Å². The van der Waals surface area contributed by atoms with Gasteiger partial charge in [-0.05, 0) is 54.7 Å². The lowest BCUT2D eigenvalue weighted by atomic mass is 9.81. The molecule has 0 saturated carbocycles. The van der Waals surface area contributed by atoms with Gasteiger partial charge in [0.2, 0.25) is 0 Å². The van der Waals surface area contributed by atoms with E-state index in [1.165, 1.54) is 11.1 Å². The summed E-state index contributed by atoms with van der Waals surface area (Å²) < 4.78 is 1.77. The van der Waals surface area contributed by atoms with Gasteiger partial charge in [0, 0.05) is 30.3 Å². The highest BCUT2D eigenvalue weighted by molar-refractivity contribution is 5.64. The molecule has 0 aliphatic heterocycles. The summed E-state index contributed by atoms with van der Waals surface area (Å²) in [6.45, 7) is 6.13. The van der Waals surface area contributed by atoms with Crippen molar-refractivity contribution in [3.63, 3.8) is 0 Å². The topological polar surface area (TPSA) is 48.0 Å². The Hall–Kier alpha value is -3.43. The van der Waals surface area contributed by atoms with Gasteiger partial charge in [-0.3, -0.25) is 4.79 Å². The molecule has 1 heterocycles. The van der Waals surface area contributed by atoms with Gasteiger partial charge in [0.1, 0.15) is 0 Å². The van der Waals surface area contributed by atoms with Gasteiger partial charge in [-0.1, -0.05) is 84.4 Å². The summed E-state index contributed by atoms with van der Waals surface area (Å²) in [7, 11) is 0. The van der Waals surface area contributed by atoms with Crippen LogP contribution >= 0.6 is 0 Å². The standard InChI is InChI=1S/C29H30N2O/c1-20(2)31-19-26(16-17-27(31)32)24-10-7-11-25(18-24)28(22-8-5-4-6-9-22)29(30)23-14-12-21(3)13-15-23/h4-20,28-29H,30H2,1-3H3. The third-order valence-electron chi connectivity index (χ3n) is 6.05. The lowest BCUT2D eigenvalue weighted by molar-refractivity contribution is 0.579. The second kappa shape index (κ2) is 9.37. The molecular weight excluding hydrogens is 392 g/mol. The number of aryl methyl sites for hydroxylation is 1. The zero-order valence-electron chi connectivity index (χ0n) is 18.9. The van der Waals surface area contributed by atoms with Crippen molar-refractivity contribution in [1.82, 2.24) is 4.57 Å². The third kappa shape index (κ3) is 4.58. The van der Waals surface area contributed by atoms with E-state index in [1.807, 2.05) is 32.2 Å². The Kier molecular flexibility index (Phi) is 6.38. The number of aromatic nitrogens is 1. The van der Waals surface area contributed by atoms with Crippen LogP contribution < -0.4 is 11.3 Å². The van der Waals surface area contributed by atoms with Crippen molar-refractivity contribution in [2.75, 3.05) is 0 Å². The highest BCUT2D eigenvalue weighted by atomic mass is 16.1. The van der Waals surface area contributed by atoms with Crippen molar-refractivity contribution in [3.8, 4) is 11.1 Å². The number of nitrogens with zero attached hydrogens (tertiary/aromatic N) is 1. The van der Waals surface area contributed by atoms with Crippen molar-refractivity contribution < 1.29 is 0 Å². The zero-order chi connectivity index (χ0) is 22.7. The largest absolute Gasteiger partial charge is 0.323 e. The van der Waals surface area contributed by atoms with Crippen molar-refractivity contribution >= 4 is 0 Å². The summed E-state index contributed by atoms with van der Waals surface area (Å²) in [5, 5.41) is 0. The van der Waals surface area contributed by atoms with Gasteiger partial charge in [0.05, 0.1) is 0 Å². The fraction of sp³-hybridized carbons (Fsp3) is 0.207. The van der Waals surface area contributed by atoms with Crippen molar-refractivity contribution in [2.24, 2.45) is 5.73 Å². The van der Waals surface area contributed by atoms with E-state index in [2.05, 4.69) is 79.7 Å². The second-order valence-electron chi connectivity index (χ2n) is 8.71. The molecule has 3 nitrogen and oxygen atoms in total. The zero-order valence-corrected chi connectivity index (χ0v) is 18.9. The van der Waals surface area contributed by atoms with Crippen LogP contribution in [0.25, 0.3) is 11.1 Å². The first-order valence-electron chi connectivity index (χ1n) is 11.1. The molecule has 1 aromatic heterocycles. The lowest BCUT2D eigenvalue weighted by Gasteiger charge is -2.26. The fourth-order valence-electron chi connectivity index (χ4n) is 4.24. The minimum absolute atomic E-state index is 0.00913. The van der Waals surface area contributed by atoms with E-state index in [1.54, 1.807) is 10.6 Å². The molecule has 2 unspecified atom stereocenters. The van der Waals surface area contributed by atoms with Crippen LogP contribution in [-0.4, -0.2) is 4.57 Å². The summed E-state index contributed by atoms with van der Waals surface area (Å²) in [5.74, 6) is 0.00913. The molecule has 0 saturated heterocycles. The summed E-state index contributed by atoms with van der Waals surface area (Å²) in [5.41, 5.74) is 13.7. The van der Waals surface area contributed by atoms with E-state index in [4.69, 9.17) is 5.73 Å². The van der Waals surface area contributed by atoms with Crippen LogP contribution in [0, 0.1) is 6.92 Å². The monoisotopic (exact) mass is 422 g/mol. The van der Waals surface area contributed by atoms with Crippen molar-refractivity contribution in [2.45, 2.75) is 38.8 Å². The van der Waals surface area contributed by atoms with E-state index in [0.717, 1.165) is 22.3 Å². The van der Waals surface area contributed by atoms with Gasteiger partial charge in [-0.2, -0.15) is 0 Å². The maximum atomic E-state index is 12.2. The minimum atomic E-state index is -0.183. The molecule has 3 heteroatoms. The number of rotatable bonds is 6.